The van der Waals surface area contributed by atoms with Gasteiger partial charge in [0.15, 0.2) is 0 Å². The third kappa shape index (κ3) is 4.76. The Bertz CT molecular complexity index is 434. The first-order chi connectivity index (χ1) is 10.5. The first-order valence-electron chi connectivity index (χ1n) is 8.69. The van der Waals surface area contributed by atoms with Crippen LogP contribution in [-0.2, 0) is 4.79 Å². The van der Waals surface area contributed by atoms with E-state index >= 15 is 0 Å². The number of rotatable bonds is 0. The first-order valence-corrected chi connectivity index (χ1v) is 8.69. The van der Waals surface area contributed by atoms with E-state index in [4.69, 9.17) is 0 Å². The van der Waals surface area contributed by atoms with Crippen LogP contribution in [0.4, 0.5) is 0 Å². The van der Waals surface area contributed by atoms with E-state index in [0.29, 0.717) is 25.7 Å². The third-order valence-corrected chi connectivity index (χ3v) is 5.02. The maximum Gasteiger partial charge on any atom is 0.136 e. The van der Waals surface area contributed by atoms with Crippen molar-refractivity contribution < 1.29 is 20.3 Å². The van der Waals surface area contributed by atoms with Gasteiger partial charge >= 0.3 is 0 Å². The van der Waals surface area contributed by atoms with Crippen molar-refractivity contribution in [3.8, 4) is 0 Å². The van der Waals surface area contributed by atoms with Crippen LogP contribution in [0, 0.1) is 0 Å². The Morgan fingerprint density at radius 3 is 1.38 bits per heavy atom. The van der Waals surface area contributed by atoms with Crippen LogP contribution in [0.25, 0.3) is 0 Å². The monoisotopic (exact) mass is 344 g/mol. The molecule has 0 aromatic rings. The second-order valence-corrected chi connectivity index (χ2v) is 9.83. The Morgan fingerprint density at radius 2 is 1.04 bits per heavy atom. The summed E-state index contributed by atoms with van der Waals surface area (Å²) in [6.45, 7) is 15.3. The van der Waals surface area contributed by atoms with Crippen LogP contribution in [-0.4, -0.2) is 59.7 Å². The van der Waals surface area contributed by atoms with Crippen LogP contribution in [0.1, 0.15) is 81.1 Å². The second-order valence-electron chi connectivity index (χ2n) is 9.83. The van der Waals surface area contributed by atoms with Crippen LogP contribution >= 0.6 is 0 Å². The number of carbonyl (C=O) groups excluding carboxylic acids is 1. The molecule has 0 amide bonds. The summed E-state index contributed by atoms with van der Waals surface area (Å²) < 4.78 is 0. The van der Waals surface area contributed by atoms with Crippen LogP contribution < -0.4 is 0 Å². The number of hydrogen-bond acceptors (Lipinski definition) is 6. The average Bonchev–Trinajstić information content (AvgIpc) is 2.31. The zero-order chi connectivity index (χ0) is 19.1. The number of carbonyl (C=O) groups is 1. The van der Waals surface area contributed by atoms with Gasteiger partial charge in [-0.2, -0.15) is 10.1 Å². The van der Waals surface area contributed by atoms with Gasteiger partial charge in [-0.15, -0.1) is 0 Å². The molecule has 2 fully saturated rings. The molecule has 3 N–H and O–H groups in total. The normalized spacial score (nSPS) is 29.7. The van der Waals surface area contributed by atoms with Crippen LogP contribution in [0.15, 0.2) is 0 Å². The minimum atomic E-state index is -0.418. The molecule has 24 heavy (non-hydrogen) atoms. The number of Topliss-reactive ketones (excluding diaryl/α,β-unsaturated/α-hetero) is 1. The molecule has 2 heterocycles. The number of nitrogens with zero attached hydrogens (tertiary/aromatic N) is 2. The fraction of sp³-hybridized carbons (Fsp3) is 0.944. The Morgan fingerprint density at radius 1 is 0.750 bits per heavy atom. The van der Waals surface area contributed by atoms with Gasteiger partial charge in [-0.3, -0.25) is 4.79 Å². The Labute approximate surface area is 146 Å². The maximum absolute atomic E-state index is 11.3. The van der Waals surface area contributed by atoms with Crippen molar-refractivity contribution in [2.45, 2.75) is 109 Å². The van der Waals surface area contributed by atoms with Gasteiger partial charge in [0.25, 0.3) is 0 Å². The zero-order valence-electron chi connectivity index (χ0n) is 16.6. The fourth-order valence-corrected chi connectivity index (χ4v) is 4.21. The highest BCUT2D eigenvalue weighted by atomic mass is 16.5. The summed E-state index contributed by atoms with van der Waals surface area (Å²) in [4.78, 5) is 11.3. The molecular formula is C18H36N2O4. The van der Waals surface area contributed by atoms with Crippen molar-refractivity contribution in [3.63, 3.8) is 0 Å². The predicted octanol–water partition coefficient (Wildman–Crippen LogP) is 2.99. The van der Waals surface area contributed by atoms with Crippen molar-refractivity contribution in [1.29, 1.82) is 0 Å². The molecule has 0 unspecified atom stereocenters. The second kappa shape index (κ2) is 6.65. The maximum atomic E-state index is 11.3. The van der Waals surface area contributed by atoms with Gasteiger partial charge in [-0.25, -0.2) is 0 Å². The molecule has 142 valence electrons. The Kier molecular flexibility index (Phi) is 5.96. The lowest BCUT2D eigenvalue weighted by Gasteiger charge is -2.50. The summed E-state index contributed by atoms with van der Waals surface area (Å²) in [7, 11) is 0. The molecule has 6 nitrogen and oxygen atoms in total. The molecule has 0 spiro atoms. The number of piperidine rings is 2. The third-order valence-electron chi connectivity index (χ3n) is 5.02. The highest BCUT2D eigenvalue weighted by molar-refractivity contribution is 5.81. The molecule has 2 aliphatic heterocycles. The Balaban J connectivity index is 0.000000240. The van der Waals surface area contributed by atoms with Gasteiger partial charge in [0.2, 0.25) is 0 Å². The van der Waals surface area contributed by atoms with E-state index in [1.54, 1.807) is 0 Å². The fourth-order valence-electron chi connectivity index (χ4n) is 4.21. The largest absolute Gasteiger partial charge is 0.393 e. The van der Waals surface area contributed by atoms with E-state index < -0.39 is 11.1 Å². The molecule has 0 atom stereocenters. The van der Waals surface area contributed by atoms with Crippen LogP contribution in [0.5, 0.6) is 0 Å². The molecule has 0 saturated carbocycles. The highest BCUT2D eigenvalue weighted by Crippen LogP contribution is 2.36. The van der Waals surface area contributed by atoms with Crippen LogP contribution in [0.2, 0.25) is 0 Å². The summed E-state index contributed by atoms with van der Waals surface area (Å²) in [6.07, 6.45) is 1.85. The van der Waals surface area contributed by atoms with Gasteiger partial charge in [-0.05, 0) is 68.2 Å². The predicted molar refractivity (Wildman–Crippen MR) is 93.0 cm³/mol. The zero-order valence-corrected chi connectivity index (χ0v) is 16.6. The molecule has 0 aromatic carbocycles. The minimum Gasteiger partial charge on any atom is -0.393 e. The molecular weight excluding hydrogens is 308 g/mol. The lowest BCUT2D eigenvalue weighted by molar-refractivity contribution is -0.257. The smallest absolute Gasteiger partial charge is 0.136 e. The van der Waals surface area contributed by atoms with Crippen molar-refractivity contribution in [1.82, 2.24) is 10.1 Å². The van der Waals surface area contributed by atoms with Gasteiger partial charge in [0.05, 0.1) is 6.10 Å². The van der Waals surface area contributed by atoms with E-state index in [-0.39, 0.29) is 23.0 Å². The average molecular weight is 344 g/mol. The van der Waals surface area contributed by atoms with E-state index in [1.807, 2.05) is 55.4 Å². The van der Waals surface area contributed by atoms with Crippen molar-refractivity contribution >= 4 is 5.78 Å². The molecule has 0 aliphatic carbocycles. The van der Waals surface area contributed by atoms with Crippen molar-refractivity contribution in [3.05, 3.63) is 0 Å². The summed E-state index contributed by atoms with van der Waals surface area (Å²) in [5.74, 6) is 0.232. The Hall–Kier alpha value is -0.530. The van der Waals surface area contributed by atoms with E-state index in [0.717, 1.165) is 0 Å². The summed E-state index contributed by atoms with van der Waals surface area (Å²) in [5, 5.41) is 31.8. The molecule has 2 saturated heterocycles. The number of aliphatic hydroxyl groups excluding tert-OH is 1. The number of hydrogen-bond donors (Lipinski definition) is 3. The molecule has 6 heteroatoms. The van der Waals surface area contributed by atoms with E-state index in [9.17, 15) is 20.3 Å². The topological polar surface area (TPSA) is 84.2 Å². The molecule has 0 aromatic heterocycles. The quantitative estimate of drug-likeness (QED) is 0.626. The first kappa shape index (κ1) is 21.5. The van der Waals surface area contributed by atoms with Gasteiger partial charge in [0, 0.05) is 35.0 Å². The molecule has 2 rings (SSSR count). The molecule has 0 bridgehead atoms. The summed E-state index contributed by atoms with van der Waals surface area (Å²) in [5.41, 5.74) is -1.47. The summed E-state index contributed by atoms with van der Waals surface area (Å²) >= 11 is 0. The highest BCUT2D eigenvalue weighted by Gasteiger charge is 2.45. The molecule has 0 radical (unpaired) electrons. The minimum absolute atomic E-state index is 0.232. The summed E-state index contributed by atoms with van der Waals surface area (Å²) in [6, 6.07) is 0. The van der Waals surface area contributed by atoms with Crippen molar-refractivity contribution in [2.75, 3.05) is 0 Å². The van der Waals surface area contributed by atoms with E-state index in [1.165, 1.54) is 10.1 Å². The number of hydroxylamine groups is 4. The standard InChI is InChI=1S/C9H19NO2.C9H17NO2/c2*1-8(2)5-7(11)6-9(3,4)10(8)12/h7,11-12H,5-6H2,1-4H3;12H,5-6H2,1-4H3. The van der Waals surface area contributed by atoms with Crippen LogP contribution in [0.3, 0.4) is 0 Å². The lowest BCUT2D eigenvalue weighted by atomic mass is 9.80. The SMILES string of the molecule is CC1(C)CC(=O)CC(C)(C)N1O.CC1(C)CC(O)CC(C)(C)N1O. The van der Waals surface area contributed by atoms with Gasteiger partial charge < -0.3 is 15.5 Å². The lowest BCUT2D eigenvalue weighted by Crippen LogP contribution is -2.60. The number of ketones is 1. The van der Waals surface area contributed by atoms with E-state index in [2.05, 4.69) is 0 Å². The van der Waals surface area contributed by atoms with Crippen molar-refractivity contribution in [2.24, 2.45) is 0 Å². The molecule has 2 aliphatic rings. The number of aliphatic hydroxyl groups is 1. The van der Waals surface area contributed by atoms with Gasteiger partial charge in [0.1, 0.15) is 5.78 Å². The van der Waals surface area contributed by atoms with Gasteiger partial charge in [-0.1, -0.05) is 0 Å².